The van der Waals surface area contributed by atoms with Crippen LogP contribution in [0.15, 0.2) is 18.5 Å². The highest BCUT2D eigenvalue weighted by Gasteiger charge is 2.18. The molecule has 0 bridgehead atoms. The van der Waals surface area contributed by atoms with Crippen molar-refractivity contribution in [1.82, 2.24) is 4.98 Å². The lowest BCUT2D eigenvalue weighted by Gasteiger charge is -2.22. The second kappa shape index (κ2) is 6.36. The summed E-state index contributed by atoms with van der Waals surface area (Å²) < 4.78 is 13.4. The molecular formula is C13H18FNOS. The second-order valence-electron chi connectivity index (χ2n) is 4.51. The minimum atomic E-state index is -0.718. The number of rotatable bonds is 4. The second-order valence-corrected chi connectivity index (χ2v) is 5.84. The smallest absolute Gasteiger partial charge is 0.147 e. The van der Waals surface area contributed by atoms with Crippen LogP contribution in [0.3, 0.4) is 0 Å². The molecule has 0 amide bonds. The third kappa shape index (κ3) is 3.68. The van der Waals surface area contributed by atoms with E-state index in [2.05, 4.69) is 4.98 Å². The molecule has 1 N–H and O–H groups in total. The summed E-state index contributed by atoms with van der Waals surface area (Å²) in [7, 11) is 0. The number of thioether (sulfide) groups is 1. The van der Waals surface area contributed by atoms with Crippen LogP contribution in [-0.4, -0.2) is 21.1 Å². The number of aliphatic hydroxyl groups is 1. The Balaban J connectivity index is 1.84. The summed E-state index contributed by atoms with van der Waals surface area (Å²) >= 11 is 1.77. The minimum absolute atomic E-state index is 0.364. The molecule has 0 saturated heterocycles. The van der Waals surface area contributed by atoms with E-state index in [1.165, 1.54) is 38.3 Å². The molecule has 1 saturated carbocycles. The SMILES string of the molecule is OC(CSC1CCCCC1)c1ccncc1F. The van der Waals surface area contributed by atoms with Gasteiger partial charge < -0.3 is 5.11 Å². The lowest BCUT2D eigenvalue weighted by atomic mass is 10.0. The highest BCUT2D eigenvalue weighted by molar-refractivity contribution is 7.99. The molecule has 4 heteroatoms. The quantitative estimate of drug-likeness (QED) is 0.896. The Kier molecular flexibility index (Phi) is 4.80. The van der Waals surface area contributed by atoms with Crippen LogP contribution in [0.4, 0.5) is 4.39 Å². The van der Waals surface area contributed by atoms with E-state index < -0.39 is 11.9 Å². The summed E-state index contributed by atoms with van der Waals surface area (Å²) in [4.78, 5) is 3.68. The number of aromatic nitrogens is 1. The first-order chi connectivity index (χ1) is 8.27. The Morgan fingerprint density at radius 3 is 2.88 bits per heavy atom. The maximum Gasteiger partial charge on any atom is 0.147 e. The van der Waals surface area contributed by atoms with Gasteiger partial charge in [0.1, 0.15) is 5.82 Å². The van der Waals surface area contributed by atoms with Gasteiger partial charge in [0.15, 0.2) is 0 Å². The molecular weight excluding hydrogens is 237 g/mol. The van der Waals surface area contributed by atoms with Crippen molar-refractivity contribution in [2.75, 3.05) is 5.75 Å². The monoisotopic (exact) mass is 255 g/mol. The van der Waals surface area contributed by atoms with Crippen molar-refractivity contribution in [2.45, 2.75) is 43.5 Å². The molecule has 1 atom stereocenters. The standard InChI is InChI=1S/C13H18FNOS/c14-12-8-15-7-6-11(12)13(16)9-17-10-4-2-1-3-5-10/h6-8,10,13,16H,1-5,9H2. The van der Waals surface area contributed by atoms with Gasteiger partial charge in [-0.1, -0.05) is 19.3 Å². The number of halogens is 1. The summed E-state index contributed by atoms with van der Waals surface area (Å²) in [6.45, 7) is 0. The van der Waals surface area contributed by atoms with Crippen molar-refractivity contribution < 1.29 is 9.50 Å². The lowest BCUT2D eigenvalue weighted by Crippen LogP contribution is -2.12. The average Bonchev–Trinajstić information content (AvgIpc) is 2.38. The molecule has 1 heterocycles. The van der Waals surface area contributed by atoms with Gasteiger partial charge in [-0.2, -0.15) is 11.8 Å². The largest absolute Gasteiger partial charge is 0.387 e. The lowest BCUT2D eigenvalue weighted by molar-refractivity contribution is 0.198. The Bertz CT molecular complexity index is 355. The fourth-order valence-electron chi connectivity index (χ4n) is 2.20. The minimum Gasteiger partial charge on any atom is -0.387 e. The summed E-state index contributed by atoms with van der Waals surface area (Å²) in [5.74, 6) is 0.162. The number of hydrogen-bond donors (Lipinski definition) is 1. The maximum atomic E-state index is 13.4. The number of nitrogens with zero attached hydrogens (tertiary/aromatic N) is 1. The van der Waals surface area contributed by atoms with Crippen LogP contribution in [0.1, 0.15) is 43.8 Å². The molecule has 17 heavy (non-hydrogen) atoms. The zero-order valence-corrected chi connectivity index (χ0v) is 10.6. The van der Waals surface area contributed by atoms with Crippen molar-refractivity contribution in [2.24, 2.45) is 0 Å². The van der Waals surface area contributed by atoms with Crippen LogP contribution >= 0.6 is 11.8 Å². The van der Waals surface area contributed by atoms with Gasteiger partial charge in [0.05, 0.1) is 12.3 Å². The third-order valence-corrected chi connectivity index (χ3v) is 4.66. The van der Waals surface area contributed by atoms with Crippen LogP contribution in [0.2, 0.25) is 0 Å². The van der Waals surface area contributed by atoms with Crippen molar-refractivity contribution in [3.8, 4) is 0 Å². The molecule has 2 nitrogen and oxygen atoms in total. The van der Waals surface area contributed by atoms with E-state index in [0.717, 1.165) is 6.20 Å². The molecule has 0 spiro atoms. The van der Waals surface area contributed by atoms with E-state index in [9.17, 15) is 9.50 Å². The first-order valence-electron chi connectivity index (χ1n) is 6.16. The van der Waals surface area contributed by atoms with Crippen molar-refractivity contribution in [1.29, 1.82) is 0 Å². The van der Waals surface area contributed by atoms with E-state index in [1.807, 2.05) is 0 Å². The van der Waals surface area contributed by atoms with E-state index in [0.29, 0.717) is 16.6 Å². The van der Waals surface area contributed by atoms with E-state index in [4.69, 9.17) is 0 Å². The molecule has 0 radical (unpaired) electrons. The van der Waals surface area contributed by atoms with Gasteiger partial charge in [-0.3, -0.25) is 4.98 Å². The first-order valence-corrected chi connectivity index (χ1v) is 7.21. The summed E-state index contributed by atoms with van der Waals surface area (Å²) in [5, 5.41) is 10.6. The molecule has 1 fully saturated rings. The molecule has 94 valence electrons. The van der Waals surface area contributed by atoms with Crippen molar-refractivity contribution in [3.05, 3.63) is 29.8 Å². The maximum absolute atomic E-state index is 13.4. The summed E-state index contributed by atoms with van der Waals surface area (Å²) in [6.07, 6.45) is 8.33. The molecule has 2 rings (SSSR count). The van der Waals surface area contributed by atoms with E-state index >= 15 is 0 Å². The highest BCUT2D eigenvalue weighted by atomic mass is 32.2. The van der Waals surface area contributed by atoms with Gasteiger partial charge in [0.25, 0.3) is 0 Å². The summed E-state index contributed by atoms with van der Waals surface area (Å²) in [6, 6.07) is 1.56. The van der Waals surface area contributed by atoms with Gasteiger partial charge in [0, 0.05) is 22.8 Å². The Morgan fingerprint density at radius 2 is 2.18 bits per heavy atom. The number of hydrogen-bond acceptors (Lipinski definition) is 3. The van der Waals surface area contributed by atoms with Gasteiger partial charge in [0.2, 0.25) is 0 Å². The molecule has 1 aliphatic rings. The number of pyridine rings is 1. The molecule has 1 unspecified atom stereocenters. The van der Waals surface area contributed by atoms with Gasteiger partial charge in [-0.15, -0.1) is 0 Å². The molecule has 1 aromatic heterocycles. The van der Waals surface area contributed by atoms with Crippen molar-refractivity contribution >= 4 is 11.8 Å². The Morgan fingerprint density at radius 1 is 1.41 bits per heavy atom. The zero-order valence-electron chi connectivity index (χ0n) is 9.81. The average molecular weight is 255 g/mol. The van der Waals surface area contributed by atoms with E-state index in [1.54, 1.807) is 17.8 Å². The zero-order chi connectivity index (χ0) is 12.1. The third-order valence-electron chi connectivity index (χ3n) is 3.20. The Hall–Kier alpha value is -0.610. The predicted octanol–water partition coefficient (Wildman–Crippen LogP) is 3.32. The Labute approximate surface area is 106 Å². The van der Waals surface area contributed by atoms with Crippen LogP contribution in [0.5, 0.6) is 0 Å². The van der Waals surface area contributed by atoms with Crippen LogP contribution in [0.25, 0.3) is 0 Å². The summed E-state index contributed by atoms with van der Waals surface area (Å²) in [5.41, 5.74) is 0.364. The van der Waals surface area contributed by atoms with Gasteiger partial charge in [-0.25, -0.2) is 4.39 Å². The molecule has 1 aliphatic carbocycles. The van der Waals surface area contributed by atoms with E-state index in [-0.39, 0.29) is 0 Å². The van der Waals surface area contributed by atoms with Gasteiger partial charge >= 0.3 is 0 Å². The normalized spacial score (nSPS) is 19.2. The topological polar surface area (TPSA) is 33.1 Å². The molecule has 1 aromatic rings. The van der Waals surface area contributed by atoms with Crippen LogP contribution in [0, 0.1) is 5.82 Å². The van der Waals surface area contributed by atoms with Crippen LogP contribution in [-0.2, 0) is 0 Å². The van der Waals surface area contributed by atoms with Crippen molar-refractivity contribution in [3.63, 3.8) is 0 Å². The van der Waals surface area contributed by atoms with Crippen LogP contribution < -0.4 is 0 Å². The number of aliphatic hydroxyl groups excluding tert-OH is 1. The van der Waals surface area contributed by atoms with Gasteiger partial charge in [-0.05, 0) is 18.9 Å². The predicted molar refractivity (Wildman–Crippen MR) is 68.5 cm³/mol. The fraction of sp³-hybridized carbons (Fsp3) is 0.615. The molecule has 0 aliphatic heterocycles. The highest BCUT2D eigenvalue weighted by Crippen LogP contribution is 2.31. The first kappa shape index (κ1) is 12.8. The molecule has 0 aromatic carbocycles. The fourth-order valence-corrected chi connectivity index (χ4v) is 3.51.